The van der Waals surface area contributed by atoms with E-state index in [4.69, 9.17) is 0 Å². The molecular formula is C15H28O3. The van der Waals surface area contributed by atoms with Crippen LogP contribution in [0.3, 0.4) is 0 Å². The van der Waals surface area contributed by atoms with E-state index in [1.165, 1.54) is 0 Å². The van der Waals surface area contributed by atoms with Crippen LogP contribution in [0.15, 0.2) is 12.2 Å². The third kappa shape index (κ3) is 3.81. The molecule has 0 bridgehead atoms. The predicted molar refractivity (Wildman–Crippen MR) is 73.2 cm³/mol. The van der Waals surface area contributed by atoms with E-state index in [0.717, 1.165) is 12.8 Å². The minimum absolute atomic E-state index is 0.0418. The van der Waals surface area contributed by atoms with E-state index in [0.29, 0.717) is 12.8 Å². The zero-order valence-electron chi connectivity index (χ0n) is 12.1. The molecule has 0 aromatic heterocycles. The van der Waals surface area contributed by atoms with E-state index >= 15 is 0 Å². The number of hydrogen-bond donors (Lipinski definition) is 3. The Labute approximate surface area is 111 Å². The summed E-state index contributed by atoms with van der Waals surface area (Å²) >= 11 is 0. The third-order valence-electron chi connectivity index (χ3n) is 4.03. The topological polar surface area (TPSA) is 60.7 Å². The molecule has 18 heavy (non-hydrogen) atoms. The van der Waals surface area contributed by atoms with Gasteiger partial charge in [-0.2, -0.15) is 0 Å². The highest BCUT2D eigenvalue weighted by Crippen LogP contribution is 2.46. The van der Waals surface area contributed by atoms with Gasteiger partial charge in [0.2, 0.25) is 0 Å². The number of rotatable bonds is 4. The smallest absolute Gasteiger partial charge is 0.0720 e. The second-order valence-electron chi connectivity index (χ2n) is 6.63. The molecule has 3 heteroatoms. The fourth-order valence-corrected chi connectivity index (χ4v) is 3.35. The van der Waals surface area contributed by atoms with Crippen molar-refractivity contribution in [1.29, 1.82) is 0 Å². The van der Waals surface area contributed by atoms with Gasteiger partial charge in [-0.1, -0.05) is 39.3 Å². The van der Waals surface area contributed by atoms with Gasteiger partial charge in [0.05, 0.1) is 17.8 Å². The molecule has 1 saturated carbocycles. The largest absolute Gasteiger partial charge is 0.393 e. The van der Waals surface area contributed by atoms with Crippen LogP contribution in [0.4, 0.5) is 0 Å². The highest BCUT2D eigenvalue weighted by molar-refractivity contribution is 5.09. The normalized spacial score (nSPS) is 37.9. The van der Waals surface area contributed by atoms with Crippen molar-refractivity contribution in [2.45, 2.75) is 71.2 Å². The van der Waals surface area contributed by atoms with Gasteiger partial charge < -0.3 is 15.3 Å². The molecule has 3 N–H and O–H groups in total. The van der Waals surface area contributed by atoms with Crippen molar-refractivity contribution in [1.82, 2.24) is 0 Å². The second kappa shape index (κ2) is 5.72. The van der Waals surface area contributed by atoms with E-state index in [-0.39, 0.29) is 11.3 Å². The third-order valence-corrected chi connectivity index (χ3v) is 4.03. The minimum Gasteiger partial charge on any atom is -0.393 e. The van der Waals surface area contributed by atoms with Crippen molar-refractivity contribution in [3.63, 3.8) is 0 Å². The Kier molecular flexibility index (Phi) is 4.98. The molecule has 0 radical (unpaired) electrons. The molecule has 0 heterocycles. The van der Waals surface area contributed by atoms with Gasteiger partial charge in [-0.05, 0) is 25.2 Å². The molecule has 4 unspecified atom stereocenters. The maximum atomic E-state index is 10.5. The van der Waals surface area contributed by atoms with Gasteiger partial charge in [-0.25, -0.2) is 0 Å². The standard InChI is InChI=1S/C15H28O3/c1-5-6-11(16)7-8-13-14(2,3)9-12(17)10-15(13,4)18/h7-8,11-13,16-18H,5-6,9-10H2,1-4H3. The monoisotopic (exact) mass is 256 g/mol. The maximum absolute atomic E-state index is 10.5. The molecule has 0 aliphatic heterocycles. The van der Waals surface area contributed by atoms with Gasteiger partial charge in [-0.15, -0.1) is 0 Å². The van der Waals surface area contributed by atoms with E-state index in [9.17, 15) is 15.3 Å². The van der Waals surface area contributed by atoms with Gasteiger partial charge in [-0.3, -0.25) is 0 Å². The molecule has 1 aliphatic rings. The molecule has 0 aromatic rings. The van der Waals surface area contributed by atoms with Crippen LogP contribution in [-0.2, 0) is 0 Å². The van der Waals surface area contributed by atoms with Gasteiger partial charge >= 0.3 is 0 Å². The molecular weight excluding hydrogens is 228 g/mol. The van der Waals surface area contributed by atoms with Crippen LogP contribution >= 0.6 is 0 Å². The zero-order chi connectivity index (χ0) is 14.0. The summed E-state index contributed by atoms with van der Waals surface area (Å²) in [6.45, 7) is 7.93. The van der Waals surface area contributed by atoms with Crippen molar-refractivity contribution in [3.8, 4) is 0 Å². The lowest BCUT2D eigenvalue weighted by Gasteiger charge is -2.48. The summed E-state index contributed by atoms with van der Waals surface area (Å²) in [4.78, 5) is 0. The Hall–Kier alpha value is -0.380. The first-order chi connectivity index (χ1) is 8.19. The molecule has 1 fully saturated rings. The van der Waals surface area contributed by atoms with Crippen molar-refractivity contribution in [3.05, 3.63) is 12.2 Å². The second-order valence-corrected chi connectivity index (χ2v) is 6.63. The first kappa shape index (κ1) is 15.7. The Morgan fingerprint density at radius 3 is 2.39 bits per heavy atom. The molecule has 1 aliphatic carbocycles. The summed E-state index contributed by atoms with van der Waals surface area (Å²) in [6.07, 6.45) is 5.61. The Morgan fingerprint density at radius 2 is 1.89 bits per heavy atom. The summed E-state index contributed by atoms with van der Waals surface area (Å²) < 4.78 is 0. The van der Waals surface area contributed by atoms with Crippen molar-refractivity contribution < 1.29 is 15.3 Å². The number of hydrogen-bond acceptors (Lipinski definition) is 3. The Morgan fingerprint density at radius 1 is 1.28 bits per heavy atom. The fourth-order valence-electron chi connectivity index (χ4n) is 3.35. The van der Waals surface area contributed by atoms with Crippen LogP contribution in [0.2, 0.25) is 0 Å². The average molecular weight is 256 g/mol. The maximum Gasteiger partial charge on any atom is 0.0720 e. The molecule has 3 nitrogen and oxygen atoms in total. The number of aliphatic hydroxyl groups excluding tert-OH is 2. The lowest BCUT2D eigenvalue weighted by Crippen LogP contribution is -2.50. The molecule has 4 atom stereocenters. The minimum atomic E-state index is -0.913. The molecule has 0 amide bonds. The van der Waals surface area contributed by atoms with Gasteiger partial charge in [0.15, 0.2) is 0 Å². The molecule has 106 valence electrons. The van der Waals surface area contributed by atoms with Crippen LogP contribution in [0.1, 0.15) is 53.4 Å². The van der Waals surface area contributed by atoms with Crippen molar-refractivity contribution in [2.75, 3.05) is 0 Å². The van der Waals surface area contributed by atoms with E-state index in [2.05, 4.69) is 13.8 Å². The summed E-state index contributed by atoms with van der Waals surface area (Å²) in [5.74, 6) is -0.0418. The fraction of sp³-hybridized carbons (Fsp3) is 0.867. The Balaban J connectivity index is 2.83. The quantitative estimate of drug-likeness (QED) is 0.676. The van der Waals surface area contributed by atoms with E-state index in [1.807, 2.05) is 13.0 Å². The molecule has 0 spiro atoms. The summed E-state index contributed by atoms with van der Waals surface area (Å²) in [5, 5.41) is 30.1. The van der Waals surface area contributed by atoms with Crippen molar-refractivity contribution >= 4 is 0 Å². The average Bonchev–Trinajstić information content (AvgIpc) is 2.12. The highest BCUT2D eigenvalue weighted by atomic mass is 16.3. The SMILES string of the molecule is CCCC(O)C=CC1C(C)(C)CC(O)CC1(C)O. The number of aliphatic hydroxyl groups is 3. The highest BCUT2D eigenvalue weighted by Gasteiger charge is 2.47. The first-order valence-electron chi connectivity index (χ1n) is 6.96. The molecule has 1 rings (SSSR count). The molecule has 0 saturated heterocycles. The summed E-state index contributed by atoms with van der Waals surface area (Å²) in [7, 11) is 0. The lowest BCUT2D eigenvalue weighted by molar-refractivity contribution is -0.111. The van der Waals surface area contributed by atoms with Crippen LogP contribution in [0.5, 0.6) is 0 Å². The first-order valence-corrected chi connectivity index (χ1v) is 6.96. The summed E-state index contributed by atoms with van der Waals surface area (Å²) in [6, 6.07) is 0. The van der Waals surface area contributed by atoms with Gasteiger partial charge in [0.25, 0.3) is 0 Å². The summed E-state index contributed by atoms with van der Waals surface area (Å²) in [5.41, 5.74) is -1.08. The van der Waals surface area contributed by atoms with Gasteiger partial charge in [0.1, 0.15) is 0 Å². The Bertz CT molecular complexity index is 276. The zero-order valence-corrected chi connectivity index (χ0v) is 12.1. The lowest BCUT2D eigenvalue weighted by atomic mass is 9.61. The van der Waals surface area contributed by atoms with Crippen LogP contribution in [0, 0.1) is 11.3 Å². The van der Waals surface area contributed by atoms with Gasteiger partial charge in [0, 0.05) is 12.3 Å². The molecule has 0 aromatic carbocycles. The van der Waals surface area contributed by atoms with E-state index in [1.54, 1.807) is 13.0 Å². The van der Waals surface area contributed by atoms with Crippen LogP contribution in [0.25, 0.3) is 0 Å². The predicted octanol–water partition coefficient (Wildman–Crippen LogP) is 2.25. The van der Waals surface area contributed by atoms with Crippen LogP contribution in [-0.4, -0.2) is 33.1 Å². The van der Waals surface area contributed by atoms with Crippen LogP contribution < -0.4 is 0 Å². The van der Waals surface area contributed by atoms with E-state index < -0.39 is 17.8 Å². The van der Waals surface area contributed by atoms with Crippen molar-refractivity contribution in [2.24, 2.45) is 11.3 Å².